The van der Waals surface area contributed by atoms with Crippen molar-refractivity contribution < 1.29 is 4.79 Å². The maximum Gasteiger partial charge on any atom is 0.252 e. The highest BCUT2D eigenvalue weighted by atomic mass is 79.9. The Balaban J connectivity index is 1.87. The molecule has 0 aromatic heterocycles. The number of carbonyl (C=O) groups is 1. The van der Waals surface area contributed by atoms with Crippen molar-refractivity contribution in [3.05, 3.63) is 28.2 Å². The van der Waals surface area contributed by atoms with Crippen LogP contribution in [0.3, 0.4) is 0 Å². The smallest absolute Gasteiger partial charge is 0.252 e. The maximum atomic E-state index is 12.7. The van der Waals surface area contributed by atoms with Crippen molar-refractivity contribution in [2.75, 3.05) is 5.73 Å². The average Bonchev–Trinajstić information content (AvgIpc) is 2.89. The van der Waals surface area contributed by atoms with Gasteiger partial charge in [-0.25, -0.2) is 0 Å². The topological polar surface area (TPSA) is 55.1 Å². The van der Waals surface area contributed by atoms with Gasteiger partial charge in [-0.1, -0.05) is 26.8 Å². The van der Waals surface area contributed by atoms with Crippen LogP contribution in [0.1, 0.15) is 50.4 Å². The van der Waals surface area contributed by atoms with Gasteiger partial charge in [0.05, 0.1) is 10.0 Å². The summed E-state index contributed by atoms with van der Waals surface area (Å²) >= 11 is 3.43. The van der Waals surface area contributed by atoms with Crippen molar-refractivity contribution in [1.82, 2.24) is 5.32 Å². The molecule has 1 aromatic rings. The Hall–Kier alpha value is -1.03. The first-order valence-electron chi connectivity index (χ1n) is 7.60. The Labute approximate surface area is 134 Å². The van der Waals surface area contributed by atoms with E-state index in [0.29, 0.717) is 15.7 Å². The molecular formula is C17H23BrN2O. The first kappa shape index (κ1) is 14.9. The zero-order valence-corrected chi connectivity index (χ0v) is 14.5. The van der Waals surface area contributed by atoms with E-state index in [4.69, 9.17) is 5.73 Å². The fourth-order valence-electron chi connectivity index (χ4n) is 4.60. The second-order valence-electron chi connectivity index (χ2n) is 7.53. The quantitative estimate of drug-likeness (QED) is 0.792. The molecule has 3 unspecified atom stereocenters. The number of hydrogen-bond acceptors (Lipinski definition) is 2. The molecule has 0 spiro atoms. The molecule has 1 amide bonds. The molecule has 3 atom stereocenters. The van der Waals surface area contributed by atoms with Gasteiger partial charge in [0.25, 0.3) is 5.91 Å². The van der Waals surface area contributed by atoms with Gasteiger partial charge in [0.2, 0.25) is 0 Å². The molecule has 21 heavy (non-hydrogen) atoms. The Bertz CT molecular complexity index is 594. The van der Waals surface area contributed by atoms with Gasteiger partial charge in [-0.15, -0.1) is 0 Å². The predicted molar refractivity (Wildman–Crippen MR) is 89.0 cm³/mol. The largest absolute Gasteiger partial charge is 0.398 e. The molecule has 0 saturated heterocycles. The van der Waals surface area contributed by atoms with E-state index in [1.54, 1.807) is 6.07 Å². The first-order chi connectivity index (χ1) is 9.75. The van der Waals surface area contributed by atoms with Crippen molar-refractivity contribution >= 4 is 27.5 Å². The number of anilines is 1. The van der Waals surface area contributed by atoms with E-state index in [0.717, 1.165) is 5.92 Å². The molecule has 0 heterocycles. The summed E-state index contributed by atoms with van der Waals surface area (Å²) in [6.45, 7) is 6.91. The first-order valence-corrected chi connectivity index (χ1v) is 8.40. The summed E-state index contributed by atoms with van der Waals surface area (Å²) in [4.78, 5) is 12.7. The van der Waals surface area contributed by atoms with Crippen LogP contribution < -0.4 is 11.1 Å². The van der Waals surface area contributed by atoms with Crippen LogP contribution in [-0.4, -0.2) is 11.9 Å². The lowest BCUT2D eigenvalue weighted by molar-refractivity contribution is 0.0737. The molecule has 0 radical (unpaired) electrons. The summed E-state index contributed by atoms with van der Waals surface area (Å²) in [5.74, 6) is 0.693. The third kappa shape index (κ3) is 2.19. The van der Waals surface area contributed by atoms with Gasteiger partial charge >= 0.3 is 0 Å². The number of rotatable bonds is 2. The van der Waals surface area contributed by atoms with Crippen LogP contribution in [0.2, 0.25) is 0 Å². The van der Waals surface area contributed by atoms with Crippen molar-refractivity contribution in [2.45, 2.75) is 46.1 Å². The van der Waals surface area contributed by atoms with E-state index in [2.05, 4.69) is 42.0 Å². The zero-order chi connectivity index (χ0) is 15.4. The second-order valence-corrected chi connectivity index (χ2v) is 8.32. The molecule has 114 valence electrons. The van der Waals surface area contributed by atoms with Gasteiger partial charge in [0.1, 0.15) is 0 Å². The van der Waals surface area contributed by atoms with Gasteiger partial charge in [-0.2, -0.15) is 0 Å². The standard InChI is InChI=1S/C17H23BrN2O/c1-16(2)10-7-8-17(3,9-10)15(16)20-14(21)11-5-4-6-12(19)13(11)18/h4-6,10,15H,7-9,19H2,1-3H3,(H,20,21). The van der Waals surface area contributed by atoms with E-state index in [9.17, 15) is 4.79 Å². The highest BCUT2D eigenvalue weighted by molar-refractivity contribution is 9.10. The van der Waals surface area contributed by atoms with E-state index in [1.165, 1.54) is 19.3 Å². The van der Waals surface area contributed by atoms with Crippen LogP contribution in [0, 0.1) is 16.7 Å². The number of hydrogen-bond donors (Lipinski definition) is 2. The fourth-order valence-corrected chi connectivity index (χ4v) is 5.04. The molecule has 2 fully saturated rings. The minimum Gasteiger partial charge on any atom is -0.398 e. The van der Waals surface area contributed by atoms with Crippen LogP contribution in [0.15, 0.2) is 22.7 Å². The monoisotopic (exact) mass is 350 g/mol. The lowest BCUT2D eigenvalue weighted by Crippen LogP contribution is -2.52. The normalized spacial score (nSPS) is 33.1. The van der Waals surface area contributed by atoms with Gasteiger partial charge in [0, 0.05) is 11.7 Å². The molecule has 0 aliphatic heterocycles. The van der Waals surface area contributed by atoms with Crippen LogP contribution in [-0.2, 0) is 0 Å². The number of fused-ring (bicyclic) bond motifs is 2. The zero-order valence-electron chi connectivity index (χ0n) is 12.9. The molecule has 2 bridgehead atoms. The van der Waals surface area contributed by atoms with Crippen LogP contribution in [0.5, 0.6) is 0 Å². The SMILES string of the molecule is CC12CCC(C1)C(C)(C)C2NC(=O)c1cccc(N)c1Br. The third-order valence-electron chi connectivity index (χ3n) is 5.82. The van der Waals surface area contributed by atoms with Crippen molar-refractivity contribution in [2.24, 2.45) is 16.7 Å². The second kappa shape index (κ2) is 4.73. The van der Waals surface area contributed by atoms with E-state index >= 15 is 0 Å². The number of nitrogens with one attached hydrogen (secondary N) is 1. The van der Waals surface area contributed by atoms with Crippen LogP contribution >= 0.6 is 15.9 Å². The lowest BCUT2D eigenvalue weighted by Gasteiger charge is -2.43. The number of carbonyl (C=O) groups excluding carboxylic acids is 1. The summed E-state index contributed by atoms with van der Waals surface area (Å²) in [6.07, 6.45) is 3.73. The Morgan fingerprint density at radius 2 is 2.10 bits per heavy atom. The van der Waals surface area contributed by atoms with Gasteiger partial charge in [-0.3, -0.25) is 4.79 Å². The summed E-state index contributed by atoms with van der Waals surface area (Å²) in [5, 5.41) is 3.30. The van der Waals surface area contributed by atoms with Gasteiger partial charge in [-0.05, 0) is 64.1 Å². The van der Waals surface area contributed by atoms with Gasteiger partial charge < -0.3 is 11.1 Å². The minimum atomic E-state index is -0.0268. The average molecular weight is 351 g/mol. The van der Waals surface area contributed by atoms with E-state index in [1.807, 2.05) is 12.1 Å². The molecule has 3 N–H and O–H groups in total. The Kier molecular flexibility index (Phi) is 3.36. The minimum absolute atomic E-state index is 0.0268. The maximum absolute atomic E-state index is 12.7. The Morgan fingerprint density at radius 3 is 2.71 bits per heavy atom. The van der Waals surface area contributed by atoms with Gasteiger partial charge in [0.15, 0.2) is 0 Å². The third-order valence-corrected chi connectivity index (χ3v) is 6.70. The predicted octanol–water partition coefficient (Wildman–Crippen LogP) is 3.98. The summed E-state index contributed by atoms with van der Waals surface area (Å²) in [6, 6.07) is 5.66. The number of benzene rings is 1. The van der Waals surface area contributed by atoms with E-state index < -0.39 is 0 Å². The molecule has 1 aromatic carbocycles. The van der Waals surface area contributed by atoms with Crippen molar-refractivity contribution in [3.63, 3.8) is 0 Å². The molecular weight excluding hydrogens is 328 g/mol. The van der Waals surface area contributed by atoms with Crippen LogP contribution in [0.4, 0.5) is 5.69 Å². The number of amides is 1. The molecule has 4 heteroatoms. The summed E-state index contributed by atoms with van der Waals surface area (Å²) in [5.41, 5.74) is 7.50. The highest BCUT2D eigenvalue weighted by Gasteiger charge is 2.59. The molecule has 3 nitrogen and oxygen atoms in total. The summed E-state index contributed by atoms with van der Waals surface area (Å²) < 4.78 is 0.689. The number of nitrogens with two attached hydrogens (primary N) is 1. The molecule has 2 aliphatic carbocycles. The lowest BCUT2D eigenvalue weighted by atomic mass is 9.68. The number of nitrogen functional groups attached to an aromatic ring is 1. The molecule has 3 rings (SSSR count). The Morgan fingerprint density at radius 1 is 1.38 bits per heavy atom. The number of halogens is 1. The molecule has 2 aliphatic rings. The van der Waals surface area contributed by atoms with Crippen molar-refractivity contribution in [1.29, 1.82) is 0 Å². The summed E-state index contributed by atoms with van der Waals surface area (Å²) in [7, 11) is 0. The van der Waals surface area contributed by atoms with E-state index in [-0.39, 0.29) is 22.8 Å². The fraction of sp³-hybridized carbons (Fsp3) is 0.588. The van der Waals surface area contributed by atoms with Crippen LogP contribution in [0.25, 0.3) is 0 Å². The molecule has 2 saturated carbocycles. The van der Waals surface area contributed by atoms with Crippen molar-refractivity contribution in [3.8, 4) is 0 Å². The highest BCUT2D eigenvalue weighted by Crippen LogP contribution is 2.62.